The predicted octanol–water partition coefficient (Wildman–Crippen LogP) is 14.5. The minimum atomic E-state index is 0.457. The van der Waals surface area contributed by atoms with Crippen LogP contribution in [0.4, 0.5) is 0 Å². The molecular weight excluding hydrogens is 556 g/mol. The Bertz CT molecular complexity index is 872. The van der Waals surface area contributed by atoms with E-state index in [0.717, 1.165) is 48.0 Å². The van der Waals surface area contributed by atoms with Crippen molar-refractivity contribution in [1.82, 2.24) is 0 Å². The lowest BCUT2D eigenvalue weighted by Crippen LogP contribution is -2.51. The molecule has 0 spiro atoms. The van der Waals surface area contributed by atoms with E-state index in [-0.39, 0.29) is 0 Å². The van der Waals surface area contributed by atoms with Gasteiger partial charge < -0.3 is 4.74 Å². The third-order valence-electron chi connectivity index (χ3n) is 14.7. The highest BCUT2D eigenvalue weighted by Crippen LogP contribution is 2.67. The number of hydrogen-bond donors (Lipinski definition) is 0. The number of ether oxygens (including phenoxy) is 1. The van der Waals surface area contributed by atoms with Gasteiger partial charge in [0, 0.05) is 6.61 Å². The van der Waals surface area contributed by atoms with Crippen LogP contribution in [-0.2, 0) is 4.74 Å². The third kappa shape index (κ3) is 10.4. The monoisotopic (exact) mass is 639 g/mol. The van der Waals surface area contributed by atoms with E-state index in [9.17, 15) is 0 Å². The molecule has 0 aromatic rings. The van der Waals surface area contributed by atoms with Crippen LogP contribution in [0.15, 0.2) is 11.6 Å². The molecule has 3 saturated carbocycles. The average Bonchev–Trinajstić information content (AvgIpc) is 3.38. The maximum absolute atomic E-state index is 6.56. The van der Waals surface area contributed by atoms with Gasteiger partial charge in [0.25, 0.3) is 0 Å². The lowest BCUT2D eigenvalue weighted by atomic mass is 9.47. The van der Waals surface area contributed by atoms with Gasteiger partial charge in [0.1, 0.15) is 0 Å². The Balaban J connectivity index is 1.08. The Morgan fingerprint density at radius 2 is 1.37 bits per heavy atom. The largest absolute Gasteiger partial charge is 0.378 e. The van der Waals surface area contributed by atoms with Gasteiger partial charge in [0.15, 0.2) is 0 Å². The van der Waals surface area contributed by atoms with Crippen LogP contribution in [0.25, 0.3) is 0 Å². The van der Waals surface area contributed by atoms with Crippen molar-refractivity contribution in [2.24, 2.45) is 52.3 Å². The number of allylic oxidation sites excluding steroid dienone is 1. The quantitative estimate of drug-likeness (QED) is 0.0847. The second-order valence-electron chi connectivity index (χ2n) is 18.6. The molecule has 4 aliphatic rings. The Hall–Kier alpha value is -0.300. The van der Waals surface area contributed by atoms with Gasteiger partial charge in [0.2, 0.25) is 0 Å². The fourth-order valence-corrected chi connectivity index (χ4v) is 11.9. The van der Waals surface area contributed by atoms with Crippen LogP contribution in [-0.4, -0.2) is 12.7 Å². The summed E-state index contributed by atoms with van der Waals surface area (Å²) in [5.74, 6) is 6.54. The zero-order chi connectivity index (χ0) is 33.0. The highest BCUT2D eigenvalue weighted by molar-refractivity contribution is 5.25. The van der Waals surface area contributed by atoms with Crippen LogP contribution < -0.4 is 0 Å². The molecule has 0 saturated heterocycles. The molecular formula is C45H82O. The Labute approximate surface area is 289 Å². The molecule has 0 amide bonds. The molecule has 4 aliphatic carbocycles. The number of rotatable bonds is 22. The summed E-state index contributed by atoms with van der Waals surface area (Å²) in [6.45, 7) is 18.6. The van der Waals surface area contributed by atoms with E-state index in [4.69, 9.17) is 4.74 Å². The first-order chi connectivity index (χ1) is 22.2. The van der Waals surface area contributed by atoms with Gasteiger partial charge in [-0.15, -0.1) is 0 Å². The summed E-state index contributed by atoms with van der Waals surface area (Å²) in [4.78, 5) is 0. The van der Waals surface area contributed by atoms with Crippen molar-refractivity contribution in [3.8, 4) is 0 Å². The van der Waals surface area contributed by atoms with E-state index in [2.05, 4.69) is 54.5 Å². The van der Waals surface area contributed by atoms with Gasteiger partial charge >= 0.3 is 0 Å². The third-order valence-corrected chi connectivity index (χ3v) is 14.7. The summed E-state index contributed by atoms with van der Waals surface area (Å²) < 4.78 is 6.56. The molecule has 0 heterocycles. The van der Waals surface area contributed by atoms with Crippen molar-refractivity contribution in [2.75, 3.05) is 6.61 Å². The average molecular weight is 639 g/mol. The fraction of sp³-hybridized carbons (Fsp3) is 0.956. The molecule has 0 bridgehead atoms. The van der Waals surface area contributed by atoms with Crippen LogP contribution in [0.5, 0.6) is 0 Å². The maximum Gasteiger partial charge on any atom is 0.0612 e. The van der Waals surface area contributed by atoms with Crippen LogP contribution in [0.1, 0.15) is 209 Å². The molecule has 1 nitrogen and oxygen atoms in total. The van der Waals surface area contributed by atoms with Crippen molar-refractivity contribution < 1.29 is 4.74 Å². The molecule has 268 valence electrons. The van der Waals surface area contributed by atoms with E-state index in [1.54, 1.807) is 5.57 Å². The first-order valence-corrected chi connectivity index (χ1v) is 21.5. The maximum atomic E-state index is 6.56. The van der Waals surface area contributed by atoms with Crippen LogP contribution in [0.2, 0.25) is 0 Å². The minimum Gasteiger partial charge on any atom is -0.378 e. The van der Waals surface area contributed by atoms with E-state index in [1.807, 2.05) is 0 Å². The highest BCUT2D eigenvalue weighted by Gasteiger charge is 2.59. The Morgan fingerprint density at radius 3 is 2.04 bits per heavy atom. The van der Waals surface area contributed by atoms with Crippen molar-refractivity contribution >= 4 is 0 Å². The molecule has 9 atom stereocenters. The normalized spacial score (nSPS) is 33.7. The Morgan fingerprint density at radius 1 is 0.696 bits per heavy atom. The van der Waals surface area contributed by atoms with Crippen molar-refractivity contribution in [3.63, 3.8) is 0 Å². The van der Waals surface area contributed by atoms with Crippen molar-refractivity contribution in [3.05, 3.63) is 11.6 Å². The van der Waals surface area contributed by atoms with E-state index < -0.39 is 0 Å². The first-order valence-electron chi connectivity index (χ1n) is 21.5. The van der Waals surface area contributed by atoms with E-state index >= 15 is 0 Å². The molecule has 4 rings (SSSR count). The summed E-state index contributed by atoms with van der Waals surface area (Å²) >= 11 is 0. The fourth-order valence-electron chi connectivity index (χ4n) is 11.9. The lowest BCUT2D eigenvalue weighted by molar-refractivity contribution is -0.0641. The van der Waals surface area contributed by atoms with Crippen LogP contribution in [0, 0.1) is 52.3 Å². The number of fused-ring (bicyclic) bond motifs is 5. The van der Waals surface area contributed by atoms with Crippen LogP contribution >= 0.6 is 0 Å². The van der Waals surface area contributed by atoms with Gasteiger partial charge in [0.05, 0.1) is 6.10 Å². The molecule has 1 heteroatoms. The molecule has 0 aromatic carbocycles. The number of hydrogen-bond acceptors (Lipinski definition) is 1. The van der Waals surface area contributed by atoms with Gasteiger partial charge in [-0.25, -0.2) is 0 Å². The minimum absolute atomic E-state index is 0.457. The SMILES string of the molecule is CCC[C@H](C)CCCCCCCCCCCCCO[C@H]1CC[C@@]2(C)C(=CC[C@H]3[C@@H]4CC[C@H]([C@H](C)CCCC(C)C)[C@@]4(C)CC[C@@H]32)C1. The van der Waals surface area contributed by atoms with Crippen molar-refractivity contribution in [2.45, 2.75) is 215 Å². The summed E-state index contributed by atoms with van der Waals surface area (Å²) in [6.07, 6.45) is 38.8. The van der Waals surface area contributed by atoms with Gasteiger partial charge in [-0.1, -0.05) is 163 Å². The molecule has 0 radical (unpaired) electrons. The summed E-state index contributed by atoms with van der Waals surface area (Å²) in [7, 11) is 0. The predicted molar refractivity (Wildman–Crippen MR) is 202 cm³/mol. The van der Waals surface area contributed by atoms with E-state index in [0.29, 0.717) is 16.9 Å². The zero-order valence-electron chi connectivity index (χ0n) is 32.5. The topological polar surface area (TPSA) is 9.23 Å². The van der Waals surface area contributed by atoms with Gasteiger partial charge in [-0.3, -0.25) is 0 Å². The molecule has 46 heavy (non-hydrogen) atoms. The standard InChI is InChI=1S/C45H82O/c1-8-21-36(4)23-18-16-14-12-10-9-11-13-15-17-19-33-46-39-29-31-44(6)38(34-39)25-26-40-42-28-27-41(37(5)24-20-22-35(2)3)45(42,7)32-30-43(40)44/h25,35-37,39-43H,8-24,26-34H2,1-7H3/t36-,37+,39-,40-,41+,42-,43-,44-,45+/m0/s1. The lowest BCUT2D eigenvalue weighted by Gasteiger charge is -2.58. The summed E-state index contributed by atoms with van der Waals surface area (Å²) in [6, 6.07) is 0. The smallest absolute Gasteiger partial charge is 0.0612 e. The number of unbranched alkanes of at least 4 members (excludes halogenated alkanes) is 10. The first kappa shape index (κ1) is 38.5. The van der Waals surface area contributed by atoms with E-state index in [1.165, 1.54) is 161 Å². The highest BCUT2D eigenvalue weighted by atomic mass is 16.5. The summed E-state index contributed by atoms with van der Waals surface area (Å²) in [5.41, 5.74) is 2.86. The second kappa shape index (κ2) is 19.2. The molecule has 0 aliphatic heterocycles. The molecule has 0 N–H and O–H groups in total. The second-order valence-corrected chi connectivity index (χ2v) is 18.6. The summed E-state index contributed by atoms with van der Waals surface area (Å²) in [5, 5.41) is 0. The Kier molecular flexibility index (Phi) is 16.1. The van der Waals surface area contributed by atoms with Gasteiger partial charge in [-0.2, -0.15) is 0 Å². The molecule has 0 unspecified atom stereocenters. The van der Waals surface area contributed by atoms with Crippen molar-refractivity contribution in [1.29, 1.82) is 0 Å². The zero-order valence-corrected chi connectivity index (χ0v) is 32.5. The van der Waals surface area contributed by atoms with Crippen LogP contribution in [0.3, 0.4) is 0 Å². The van der Waals surface area contributed by atoms with Gasteiger partial charge in [-0.05, 0) is 110 Å². The molecule has 0 aromatic heterocycles. The molecule has 3 fully saturated rings.